The second kappa shape index (κ2) is 3.23. The topological polar surface area (TPSA) is 61.8 Å². The van der Waals surface area contributed by atoms with Crippen LogP contribution in [0.15, 0.2) is 36.7 Å². The molecule has 0 atom stereocenters. The summed E-state index contributed by atoms with van der Waals surface area (Å²) >= 11 is 0. The molecule has 1 N–H and O–H groups in total. The Kier molecular flexibility index (Phi) is 1.92. The van der Waals surface area contributed by atoms with Gasteiger partial charge in [0.25, 0.3) is 0 Å². The molecule has 0 radical (unpaired) electrons. The molecule has 0 amide bonds. The SMILES string of the molecule is N#Cc1cnn(-c2ccc(O)cc2)c1. The lowest BCUT2D eigenvalue weighted by atomic mass is 10.3. The van der Waals surface area contributed by atoms with Crippen LogP contribution in [0.4, 0.5) is 0 Å². The van der Waals surface area contributed by atoms with Gasteiger partial charge in [-0.15, -0.1) is 0 Å². The average molecular weight is 185 g/mol. The molecular formula is C10H7N3O. The Bertz CT molecular complexity index is 479. The molecule has 4 nitrogen and oxygen atoms in total. The summed E-state index contributed by atoms with van der Waals surface area (Å²) in [7, 11) is 0. The van der Waals surface area contributed by atoms with Crippen molar-refractivity contribution in [2.24, 2.45) is 0 Å². The molecule has 4 heteroatoms. The number of nitrogens with zero attached hydrogens (tertiary/aromatic N) is 3. The van der Waals surface area contributed by atoms with Gasteiger partial charge in [0, 0.05) is 6.20 Å². The van der Waals surface area contributed by atoms with Crippen molar-refractivity contribution in [3.05, 3.63) is 42.2 Å². The van der Waals surface area contributed by atoms with Gasteiger partial charge in [-0.1, -0.05) is 0 Å². The Morgan fingerprint density at radius 2 is 2.00 bits per heavy atom. The van der Waals surface area contributed by atoms with Gasteiger partial charge in [-0.3, -0.25) is 0 Å². The van der Waals surface area contributed by atoms with Crippen molar-refractivity contribution in [1.82, 2.24) is 9.78 Å². The summed E-state index contributed by atoms with van der Waals surface area (Å²) < 4.78 is 1.58. The van der Waals surface area contributed by atoms with Crippen LogP contribution < -0.4 is 0 Å². The fourth-order valence-corrected chi connectivity index (χ4v) is 1.13. The molecule has 0 saturated carbocycles. The summed E-state index contributed by atoms with van der Waals surface area (Å²) in [6, 6.07) is 8.59. The Morgan fingerprint density at radius 1 is 1.29 bits per heavy atom. The molecule has 0 aliphatic rings. The van der Waals surface area contributed by atoms with Crippen LogP contribution in [0.25, 0.3) is 5.69 Å². The van der Waals surface area contributed by atoms with E-state index in [1.807, 2.05) is 6.07 Å². The van der Waals surface area contributed by atoms with Crippen LogP contribution in [0.1, 0.15) is 5.56 Å². The van der Waals surface area contributed by atoms with Gasteiger partial charge in [0.1, 0.15) is 11.8 Å². The summed E-state index contributed by atoms with van der Waals surface area (Å²) in [5, 5.41) is 21.7. The van der Waals surface area contributed by atoms with Crippen molar-refractivity contribution in [2.75, 3.05) is 0 Å². The highest BCUT2D eigenvalue weighted by Gasteiger charge is 1.99. The molecule has 0 aliphatic carbocycles. The first kappa shape index (κ1) is 8.32. The maximum absolute atomic E-state index is 9.07. The molecule has 1 aromatic carbocycles. The summed E-state index contributed by atoms with van der Waals surface area (Å²) in [5.41, 5.74) is 1.32. The van der Waals surface area contributed by atoms with E-state index >= 15 is 0 Å². The molecule has 0 spiro atoms. The third-order valence-electron chi connectivity index (χ3n) is 1.83. The number of hydrogen-bond donors (Lipinski definition) is 1. The van der Waals surface area contributed by atoms with Crippen LogP contribution in [0.2, 0.25) is 0 Å². The summed E-state index contributed by atoms with van der Waals surface area (Å²) in [6.07, 6.45) is 3.12. The summed E-state index contributed by atoms with van der Waals surface area (Å²) in [5.74, 6) is 0.210. The van der Waals surface area contributed by atoms with Gasteiger partial charge in [-0.25, -0.2) is 4.68 Å². The fourth-order valence-electron chi connectivity index (χ4n) is 1.13. The second-order valence-electron chi connectivity index (χ2n) is 2.80. The van der Waals surface area contributed by atoms with Crippen molar-refractivity contribution in [2.45, 2.75) is 0 Å². The van der Waals surface area contributed by atoms with Gasteiger partial charge in [0.2, 0.25) is 0 Å². The molecule has 0 bridgehead atoms. The first-order chi connectivity index (χ1) is 6.79. The van der Waals surface area contributed by atoms with Gasteiger partial charge in [0.05, 0.1) is 17.4 Å². The third-order valence-corrected chi connectivity index (χ3v) is 1.83. The Morgan fingerprint density at radius 3 is 2.57 bits per heavy atom. The molecule has 0 aliphatic heterocycles. The third kappa shape index (κ3) is 1.43. The minimum Gasteiger partial charge on any atom is -0.508 e. The number of phenolic OH excluding ortho intramolecular Hbond substituents is 1. The standard InChI is InChI=1S/C10H7N3O/c11-5-8-6-12-13(7-8)9-1-3-10(14)4-2-9/h1-4,6-7,14H. The zero-order valence-corrected chi connectivity index (χ0v) is 7.25. The van der Waals surface area contributed by atoms with E-state index in [4.69, 9.17) is 10.4 Å². The van der Waals surface area contributed by atoms with Crippen LogP contribution in [-0.4, -0.2) is 14.9 Å². The monoisotopic (exact) mass is 185 g/mol. The van der Waals surface area contributed by atoms with Crippen LogP contribution in [-0.2, 0) is 0 Å². The normalized spacial score (nSPS) is 9.64. The van der Waals surface area contributed by atoms with E-state index < -0.39 is 0 Å². The number of nitriles is 1. The molecule has 0 fully saturated rings. The number of benzene rings is 1. The smallest absolute Gasteiger partial charge is 0.115 e. The molecule has 0 saturated heterocycles. The van der Waals surface area contributed by atoms with Crippen LogP contribution in [0.5, 0.6) is 5.75 Å². The highest BCUT2D eigenvalue weighted by Crippen LogP contribution is 2.13. The van der Waals surface area contributed by atoms with Crippen molar-refractivity contribution in [3.63, 3.8) is 0 Å². The van der Waals surface area contributed by atoms with Gasteiger partial charge in [-0.05, 0) is 24.3 Å². The zero-order chi connectivity index (χ0) is 9.97. The van der Waals surface area contributed by atoms with Gasteiger partial charge in [-0.2, -0.15) is 10.4 Å². The first-order valence-corrected chi connectivity index (χ1v) is 4.04. The average Bonchev–Trinajstić information content (AvgIpc) is 2.67. The number of hydrogen-bond acceptors (Lipinski definition) is 3. The highest BCUT2D eigenvalue weighted by molar-refractivity contribution is 5.37. The Labute approximate surface area is 80.6 Å². The maximum Gasteiger partial charge on any atom is 0.115 e. The number of aromatic nitrogens is 2. The summed E-state index contributed by atoms with van der Waals surface area (Å²) in [6.45, 7) is 0. The highest BCUT2D eigenvalue weighted by atomic mass is 16.3. The van der Waals surface area contributed by atoms with E-state index in [-0.39, 0.29) is 5.75 Å². The quantitative estimate of drug-likeness (QED) is 0.731. The van der Waals surface area contributed by atoms with Crippen molar-refractivity contribution in [3.8, 4) is 17.5 Å². The molecular weight excluding hydrogens is 178 g/mol. The first-order valence-electron chi connectivity index (χ1n) is 4.04. The molecule has 68 valence electrons. The largest absolute Gasteiger partial charge is 0.508 e. The van der Waals surface area contributed by atoms with Gasteiger partial charge < -0.3 is 5.11 Å². The Hall–Kier alpha value is -2.28. The van der Waals surface area contributed by atoms with Crippen LogP contribution in [0.3, 0.4) is 0 Å². The molecule has 1 aromatic heterocycles. The number of phenols is 1. The van der Waals surface area contributed by atoms with E-state index in [1.165, 1.54) is 6.20 Å². The summed E-state index contributed by atoms with van der Waals surface area (Å²) in [4.78, 5) is 0. The molecule has 2 rings (SSSR count). The second-order valence-corrected chi connectivity index (χ2v) is 2.80. The van der Waals surface area contributed by atoms with E-state index in [0.29, 0.717) is 5.56 Å². The van der Waals surface area contributed by atoms with Crippen molar-refractivity contribution < 1.29 is 5.11 Å². The van der Waals surface area contributed by atoms with E-state index in [2.05, 4.69) is 5.10 Å². The van der Waals surface area contributed by atoms with Gasteiger partial charge >= 0.3 is 0 Å². The number of aromatic hydroxyl groups is 1. The molecule has 14 heavy (non-hydrogen) atoms. The van der Waals surface area contributed by atoms with Gasteiger partial charge in [0.15, 0.2) is 0 Å². The predicted octanol–water partition coefficient (Wildman–Crippen LogP) is 1.45. The minimum atomic E-state index is 0.210. The van der Waals surface area contributed by atoms with Crippen molar-refractivity contribution >= 4 is 0 Å². The lowest BCUT2D eigenvalue weighted by Crippen LogP contribution is -1.92. The van der Waals surface area contributed by atoms with Crippen LogP contribution in [0, 0.1) is 11.3 Å². The van der Waals surface area contributed by atoms with Crippen molar-refractivity contribution in [1.29, 1.82) is 5.26 Å². The minimum absolute atomic E-state index is 0.210. The lowest BCUT2D eigenvalue weighted by molar-refractivity contribution is 0.475. The zero-order valence-electron chi connectivity index (χ0n) is 7.25. The maximum atomic E-state index is 9.07. The predicted molar refractivity (Wildman–Crippen MR) is 49.9 cm³/mol. The van der Waals surface area contributed by atoms with E-state index in [1.54, 1.807) is 35.1 Å². The van der Waals surface area contributed by atoms with Crippen LogP contribution >= 0.6 is 0 Å². The number of rotatable bonds is 1. The molecule has 1 heterocycles. The fraction of sp³-hybridized carbons (Fsp3) is 0. The Balaban J connectivity index is 2.40. The molecule has 2 aromatic rings. The lowest BCUT2D eigenvalue weighted by Gasteiger charge is -1.99. The molecule has 0 unspecified atom stereocenters. The van der Waals surface area contributed by atoms with E-state index in [0.717, 1.165) is 5.69 Å². The van der Waals surface area contributed by atoms with E-state index in [9.17, 15) is 0 Å².